The van der Waals surface area contributed by atoms with Crippen LogP contribution in [-0.4, -0.2) is 16.5 Å². The first kappa shape index (κ1) is 11.1. The second-order valence-corrected chi connectivity index (χ2v) is 3.75. The van der Waals surface area contributed by atoms with Gasteiger partial charge in [0.1, 0.15) is 5.82 Å². The van der Waals surface area contributed by atoms with Crippen molar-refractivity contribution in [3.8, 4) is 0 Å². The van der Waals surface area contributed by atoms with E-state index in [-0.39, 0.29) is 0 Å². The van der Waals surface area contributed by atoms with Crippen LogP contribution < -0.4 is 5.73 Å². The van der Waals surface area contributed by atoms with Crippen LogP contribution >= 0.6 is 0 Å². The summed E-state index contributed by atoms with van der Waals surface area (Å²) in [6.07, 6.45) is 1.73. The smallest absolute Gasteiger partial charge is 0.130 e. The molecule has 1 aromatic heterocycles. The lowest BCUT2D eigenvalue weighted by Gasteiger charge is -2.08. The third-order valence-corrected chi connectivity index (χ3v) is 2.17. The second kappa shape index (κ2) is 5.05. The highest BCUT2D eigenvalue weighted by atomic mass is 14.9. The van der Waals surface area contributed by atoms with Crippen LogP contribution in [0.25, 0.3) is 0 Å². The molecule has 1 rings (SSSR count). The monoisotopic (exact) mass is 193 g/mol. The molecule has 0 atom stereocenters. The van der Waals surface area contributed by atoms with Crippen LogP contribution in [0.1, 0.15) is 43.9 Å². The Labute approximate surface area is 85.8 Å². The summed E-state index contributed by atoms with van der Waals surface area (Å²) in [6.45, 7) is 7.02. The Morgan fingerprint density at radius 1 is 1.36 bits per heavy atom. The SMILES string of the molecule is CCc1cc(C(C)C)nc(CCN)n1. The maximum absolute atomic E-state index is 5.50. The summed E-state index contributed by atoms with van der Waals surface area (Å²) in [5.41, 5.74) is 7.74. The second-order valence-electron chi connectivity index (χ2n) is 3.75. The van der Waals surface area contributed by atoms with Gasteiger partial charge in [-0.1, -0.05) is 20.8 Å². The third-order valence-electron chi connectivity index (χ3n) is 2.17. The molecule has 0 aromatic carbocycles. The Hall–Kier alpha value is -0.960. The number of hydrogen-bond donors (Lipinski definition) is 1. The number of nitrogens with two attached hydrogens (primary N) is 1. The highest BCUT2D eigenvalue weighted by Crippen LogP contribution is 2.13. The van der Waals surface area contributed by atoms with E-state index in [4.69, 9.17) is 5.73 Å². The fourth-order valence-corrected chi connectivity index (χ4v) is 1.29. The van der Waals surface area contributed by atoms with E-state index < -0.39 is 0 Å². The molecule has 0 spiro atoms. The fourth-order valence-electron chi connectivity index (χ4n) is 1.29. The summed E-state index contributed by atoms with van der Waals surface area (Å²) in [4.78, 5) is 8.91. The van der Waals surface area contributed by atoms with E-state index in [2.05, 4.69) is 36.8 Å². The molecule has 0 saturated carbocycles. The van der Waals surface area contributed by atoms with Gasteiger partial charge >= 0.3 is 0 Å². The van der Waals surface area contributed by atoms with Crippen molar-refractivity contribution in [2.24, 2.45) is 5.73 Å². The van der Waals surface area contributed by atoms with Crippen molar-refractivity contribution in [3.63, 3.8) is 0 Å². The van der Waals surface area contributed by atoms with Gasteiger partial charge in [-0.05, 0) is 24.9 Å². The lowest BCUT2D eigenvalue weighted by Crippen LogP contribution is -2.10. The first-order valence-corrected chi connectivity index (χ1v) is 5.24. The summed E-state index contributed by atoms with van der Waals surface area (Å²) in [7, 11) is 0. The lowest BCUT2D eigenvalue weighted by atomic mass is 10.1. The minimum absolute atomic E-state index is 0.458. The third kappa shape index (κ3) is 2.77. The van der Waals surface area contributed by atoms with E-state index >= 15 is 0 Å². The van der Waals surface area contributed by atoms with E-state index in [1.54, 1.807) is 0 Å². The Kier molecular flexibility index (Phi) is 4.01. The average molecular weight is 193 g/mol. The lowest BCUT2D eigenvalue weighted by molar-refractivity contribution is 0.758. The van der Waals surface area contributed by atoms with Gasteiger partial charge in [0.05, 0.1) is 0 Å². The topological polar surface area (TPSA) is 51.8 Å². The molecular weight excluding hydrogens is 174 g/mol. The van der Waals surface area contributed by atoms with Crippen LogP contribution in [0.4, 0.5) is 0 Å². The molecular formula is C11H19N3. The highest BCUT2D eigenvalue weighted by Gasteiger charge is 2.06. The van der Waals surface area contributed by atoms with Crippen LogP contribution in [0.5, 0.6) is 0 Å². The highest BCUT2D eigenvalue weighted by molar-refractivity contribution is 5.14. The molecule has 0 amide bonds. The van der Waals surface area contributed by atoms with E-state index in [0.717, 1.165) is 30.1 Å². The van der Waals surface area contributed by atoms with Crippen molar-refractivity contribution in [1.82, 2.24) is 9.97 Å². The summed E-state index contributed by atoms with van der Waals surface area (Å²) < 4.78 is 0. The van der Waals surface area contributed by atoms with Crippen LogP contribution in [-0.2, 0) is 12.8 Å². The first-order chi connectivity index (χ1) is 6.67. The molecule has 0 unspecified atom stereocenters. The van der Waals surface area contributed by atoms with Gasteiger partial charge in [-0.2, -0.15) is 0 Å². The predicted molar refractivity (Wildman–Crippen MR) is 58.3 cm³/mol. The van der Waals surface area contributed by atoms with Crippen LogP contribution in [0.15, 0.2) is 6.07 Å². The van der Waals surface area contributed by atoms with Crippen molar-refractivity contribution in [2.45, 2.75) is 39.5 Å². The molecule has 0 saturated heterocycles. The molecule has 0 radical (unpaired) electrons. The Bertz CT molecular complexity index is 295. The molecule has 0 aliphatic carbocycles. The molecule has 3 nitrogen and oxygen atoms in total. The molecule has 0 fully saturated rings. The molecule has 78 valence electrons. The van der Waals surface area contributed by atoms with E-state index in [1.165, 1.54) is 0 Å². The molecule has 14 heavy (non-hydrogen) atoms. The van der Waals surface area contributed by atoms with Crippen LogP contribution in [0.3, 0.4) is 0 Å². The molecule has 2 N–H and O–H groups in total. The number of nitrogens with zero attached hydrogens (tertiary/aromatic N) is 2. The van der Waals surface area contributed by atoms with Gasteiger partial charge in [-0.15, -0.1) is 0 Å². The van der Waals surface area contributed by atoms with Gasteiger partial charge in [0.2, 0.25) is 0 Å². The predicted octanol–water partition coefficient (Wildman–Crippen LogP) is 1.66. The van der Waals surface area contributed by atoms with Gasteiger partial charge in [0.25, 0.3) is 0 Å². The van der Waals surface area contributed by atoms with E-state index in [1.807, 2.05) is 0 Å². The van der Waals surface area contributed by atoms with Gasteiger partial charge in [-0.3, -0.25) is 0 Å². The van der Waals surface area contributed by atoms with Crippen LogP contribution in [0.2, 0.25) is 0 Å². The largest absolute Gasteiger partial charge is 0.330 e. The summed E-state index contributed by atoms with van der Waals surface area (Å²) in [5, 5.41) is 0. The Morgan fingerprint density at radius 2 is 2.07 bits per heavy atom. The van der Waals surface area contributed by atoms with E-state index in [9.17, 15) is 0 Å². The zero-order chi connectivity index (χ0) is 10.6. The normalized spacial score (nSPS) is 10.9. The summed E-state index contributed by atoms with van der Waals surface area (Å²) >= 11 is 0. The minimum Gasteiger partial charge on any atom is -0.330 e. The summed E-state index contributed by atoms with van der Waals surface area (Å²) in [5.74, 6) is 1.34. The molecule has 0 aliphatic heterocycles. The van der Waals surface area contributed by atoms with Crippen molar-refractivity contribution in [2.75, 3.05) is 6.54 Å². The number of rotatable bonds is 4. The van der Waals surface area contributed by atoms with Gasteiger partial charge in [0.15, 0.2) is 0 Å². The van der Waals surface area contributed by atoms with Crippen molar-refractivity contribution in [3.05, 3.63) is 23.3 Å². The standard InChI is InChI=1S/C11H19N3/c1-4-9-7-10(8(2)3)14-11(13-9)5-6-12/h7-8H,4-6,12H2,1-3H3. The molecule has 0 aliphatic rings. The summed E-state index contributed by atoms with van der Waals surface area (Å²) in [6, 6.07) is 2.09. The fraction of sp³-hybridized carbons (Fsp3) is 0.636. The van der Waals surface area contributed by atoms with Crippen molar-refractivity contribution >= 4 is 0 Å². The maximum Gasteiger partial charge on any atom is 0.130 e. The minimum atomic E-state index is 0.458. The number of hydrogen-bond acceptors (Lipinski definition) is 3. The molecule has 0 bridgehead atoms. The number of aromatic nitrogens is 2. The first-order valence-electron chi connectivity index (χ1n) is 5.24. The van der Waals surface area contributed by atoms with Crippen LogP contribution in [0, 0.1) is 0 Å². The Balaban J connectivity index is 3.00. The zero-order valence-electron chi connectivity index (χ0n) is 9.25. The van der Waals surface area contributed by atoms with Crippen molar-refractivity contribution < 1.29 is 0 Å². The van der Waals surface area contributed by atoms with Gasteiger partial charge in [-0.25, -0.2) is 9.97 Å². The maximum atomic E-state index is 5.50. The quantitative estimate of drug-likeness (QED) is 0.791. The molecule has 1 aromatic rings. The average Bonchev–Trinajstić information content (AvgIpc) is 2.17. The zero-order valence-corrected chi connectivity index (χ0v) is 9.25. The van der Waals surface area contributed by atoms with Crippen molar-refractivity contribution in [1.29, 1.82) is 0 Å². The Morgan fingerprint density at radius 3 is 2.57 bits per heavy atom. The molecule has 3 heteroatoms. The van der Waals surface area contributed by atoms with E-state index in [0.29, 0.717) is 12.5 Å². The number of aryl methyl sites for hydroxylation is 1. The molecule has 1 heterocycles. The van der Waals surface area contributed by atoms with Gasteiger partial charge in [0, 0.05) is 17.8 Å². The van der Waals surface area contributed by atoms with Gasteiger partial charge < -0.3 is 5.73 Å².